The second-order valence-electron chi connectivity index (χ2n) is 6.30. The molecule has 0 aromatic rings. The van der Waals surface area contributed by atoms with Gasteiger partial charge in [0.25, 0.3) is 0 Å². The van der Waals surface area contributed by atoms with Crippen LogP contribution in [0.4, 0.5) is 4.79 Å². The number of carboxylic acid groups (broad SMARTS) is 1. The summed E-state index contributed by atoms with van der Waals surface area (Å²) >= 11 is 0. The molecule has 2 fully saturated rings. The van der Waals surface area contributed by atoms with Crippen molar-refractivity contribution in [3.05, 3.63) is 0 Å². The van der Waals surface area contributed by atoms with Crippen molar-refractivity contribution in [2.75, 3.05) is 40.8 Å². The normalized spacial score (nSPS) is 33.0. The number of hydrogen-bond donors (Lipinski definition) is 1. The summed E-state index contributed by atoms with van der Waals surface area (Å²) in [7, 11) is 5.57. The van der Waals surface area contributed by atoms with Crippen molar-refractivity contribution >= 4 is 12.0 Å². The third-order valence-electron chi connectivity index (χ3n) is 4.63. The summed E-state index contributed by atoms with van der Waals surface area (Å²) in [6.45, 7) is 3.79. The summed E-state index contributed by atoms with van der Waals surface area (Å²) in [4.78, 5) is 29.3. The number of likely N-dealkylation sites (tertiary alicyclic amines) is 2. The van der Waals surface area contributed by atoms with Gasteiger partial charge in [-0.1, -0.05) is 6.92 Å². The van der Waals surface area contributed by atoms with Gasteiger partial charge in [-0.25, -0.2) is 9.59 Å². The lowest BCUT2D eigenvalue weighted by molar-refractivity contribution is -0.141. The number of aliphatic carboxylic acids is 1. The number of hydrogen-bond acceptors (Lipinski definition) is 4. The van der Waals surface area contributed by atoms with Gasteiger partial charge >= 0.3 is 12.0 Å². The van der Waals surface area contributed by atoms with Crippen LogP contribution in [0.25, 0.3) is 0 Å². The van der Waals surface area contributed by atoms with Gasteiger partial charge in [-0.3, -0.25) is 0 Å². The minimum atomic E-state index is -0.959. The van der Waals surface area contributed by atoms with Crippen molar-refractivity contribution in [3.8, 4) is 0 Å². The molecule has 7 nitrogen and oxygen atoms in total. The third kappa shape index (κ3) is 3.13. The van der Waals surface area contributed by atoms with Gasteiger partial charge in [0.05, 0.1) is 6.10 Å². The monoisotopic (exact) mass is 299 g/mol. The average molecular weight is 299 g/mol. The predicted molar refractivity (Wildman–Crippen MR) is 77.2 cm³/mol. The van der Waals surface area contributed by atoms with Crippen LogP contribution in [0, 0.1) is 5.92 Å². The Kier molecular flexibility index (Phi) is 4.73. The molecule has 1 N–H and O–H groups in total. The van der Waals surface area contributed by atoms with Crippen LogP contribution in [0.5, 0.6) is 0 Å². The number of nitrogens with zero attached hydrogens (tertiary/aromatic N) is 3. The quantitative estimate of drug-likeness (QED) is 0.804. The van der Waals surface area contributed by atoms with Crippen LogP contribution in [-0.2, 0) is 9.53 Å². The predicted octanol–water partition coefficient (Wildman–Crippen LogP) is 0.162. The molecule has 0 radical (unpaired) electrons. The van der Waals surface area contributed by atoms with E-state index < -0.39 is 12.0 Å². The number of carbonyl (C=O) groups is 2. The maximum absolute atomic E-state index is 12.7. The van der Waals surface area contributed by atoms with E-state index in [4.69, 9.17) is 4.74 Å². The first-order valence-electron chi connectivity index (χ1n) is 7.32. The summed E-state index contributed by atoms with van der Waals surface area (Å²) < 4.78 is 5.23. The van der Waals surface area contributed by atoms with Crippen LogP contribution in [0.2, 0.25) is 0 Å². The molecule has 2 heterocycles. The van der Waals surface area contributed by atoms with Gasteiger partial charge in [0.15, 0.2) is 0 Å². The lowest BCUT2D eigenvalue weighted by atomic mass is 10.1. The molecule has 2 aliphatic rings. The van der Waals surface area contributed by atoms with Crippen molar-refractivity contribution in [2.45, 2.75) is 31.5 Å². The molecule has 4 atom stereocenters. The highest BCUT2D eigenvalue weighted by molar-refractivity contribution is 5.83. The highest BCUT2D eigenvalue weighted by Crippen LogP contribution is 2.26. The average Bonchev–Trinajstić information content (AvgIpc) is 3.01. The van der Waals surface area contributed by atoms with Crippen molar-refractivity contribution in [1.29, 1.82) is 0 Å². The molecule has 4 unspecified atom stereocenters. The fourth-order valence-electron chi connectivity index (χ4n) is 3.37. The molecule has 0 spiro atoms. The van der Waals surface area contributed by atoms with E-state index >= 15 is 0 Å². The zero-order valence-electron chi connectivity index (χ0n) is 13.2. The molecular formula is C14H25N3O4. The maximum atomic E-state index is 12.7. The molecule has 2 rings (SSSR count). The number of ether oxygens (including phenoxy) is 1. The van der Waals surface area contributed by atoms with Crippen LogP contribution in [0.15, 0.2) is 0 Å². The van der Waals surface area contributed by atoms with Crippen LogP contribution in [0.3, 0.4) is 0 Å². The molecule has 21 heavy (non-hydrogen) atoms. The minimum absolute atomic E-state index is 0.182. The largest absolute Gasteiger partial charge is 0.480 e. The molecule has 120 valence electrons. The number of likely N-dealkylation sites (N-methyl/N-ethyl adjacent to an activating group) is 1. The molecule has 7 heteroatoms. The Bertz CT molecular complexity index is 415. The highest BCUT2D eigenvalue weighted by atomic mass is 16.5. The molecular weight excluding hydrogens is 274 g/mol. The van der Waals surface area contributed by atoms with Gasteiger partial charge in [-0.15, -0.1) is 0 Å². The standard InChI is InChI=1S/C14H25N3O4/c1-9-6-16(8-12(9)15(2)3)14(20)17-7-10(21-4)5-11(17)13(18)19/h9-12H,5-8H2,1-4H3,(H,18,19). The van der Waals surface area contributed by atoms with Crippen molar-refractivity contribution < 1.29 is 19.4 Å². The Balaban J connectivity index is 2.07. The third-order valence-corrected chi connectivity index (χ3v) is 4.63. The van der Waals surface area contributed by atoms with Gasteiger partial charge in [-0.05, 0) is 20.0 Å². The van der Waals surface area contributed by atoms with Gasteiger partial charge in [-0.2, -0.15) is 0 Å². The van der Waals surface area contributed by atoms with E-state index in [0.717, 1.165) is 0 Å². The fraction of sp³-hybridized carbons (Fsp3) is 0.857. The van der Waals surface area contributed by atoms with Crippen molar-refractivity contribution in [2.24, 2.45) is 5.92 Å². The Morgan fingerprint density at radius 1 is 1.24 bits per heavy atom. The molecule has 0 bridgehead atoms. The van der Waals surface area contributed by atoms with E-state index in [-0.39, 0.29) is 12.1 Å². The zero-order chi connectivity index (χ0) is 15.7. The van der Waals surface area contributed by atoms with E-state index in [2.05, 4.69) is 11.8 Å². The van der Waals surface area contributed by atoms with E-state index in [1.54, 1.807) is 12.0 Å². The molecule has 2 saturated heterocycles. The summed E-state index contributed by atoms with van der Waals surface area (Å²) in [5, 5.41) is 9.30. The van der Waals surface area contributed by atoms with Crippen LogP contribution < -0.4 is 0 Å². The molecule has 2 aliphatic heterocycles. The summed E-state index contributed by atoms with van der Waals surface area (Å²) in [5.74, 6) is -0.577. The Morgan fingerprint density at radius 2 is 1.90 bits per heavy atom. The van der Waals surface area contributed by atoms with Gasteiger partial charge in [0.1, 0.15) is 6.04 Å². The van der Waals surface area contributed by atoms with Crippen molar-refractivity contribution in [1.82, 2.24) is 14.7 Å². The first-order valence-corrected chi connectivity index (χ1v) is 7.32. The molecule has 0 aromatic carbocycles. The van der Waals surface area contributed by atoms with Crippen LogP contribution in [-0.4, -0.2) is 90.8 Å². The second-order valence-corrected chi connectivity index (χ2v) is 6.30. The number of urea groups is 1. The number of carboxylic acids is 1. The Morgan fingerprint density at radius 3 is 2.38 bits per heavy atom. The first kappa shape index (κ1) is 16.0. The topological polar surface area (TPSA) is 73.3 Å². The second kappa shape index (κ2) is 6.19. The van der Waals surface area contributed by atoms with Crippen LogP contribution >= 0.6 is 0 Å². The SMILES string of the molecule is COC1CC(C(=O)O)N(C(=O)N2CC(C)C(N(C)C)C2)C1. The van der Waals surface area contributed by atoms with Gasteiger partial charge in [0, 0.05) is 39.2 Å². The first-order chi connectivity index (χ1) is 9.85. The molecule has 0 saturated carbocycles. The van der Waals surface area contributed by atoms with E-state index in [1.807, 2.05) is 14.1 Å². The Labute approximate surface area is 125 Å². The number of rotatable bonds is 3. The fourth-order valence-corrected chi connectivity index (χ4v) is 3.37. The molecule has 0 aliphatic carbocycles. The zero-order valence-corrected chi connectivity index (χ0v) is 13.2. The number of methoxy groups -OCH3 is 1. The lowest BCUT2D eigenvalue weighted by Gasteiger charge is -2.28. The summed E-state index contributed by atoms with van der Waals surface area (Å²) in [6, 6.07) is -0.646. The Hall–Kier alpha value is -1.34. The van der Waals surface area contributed by atoms with Crippen molar-refractivity contribution in [3.63, 3.8) is 0 Å². The van der Waals surface area contributed by atoms with Gasteiger partial charge in [0.2, 0.25) is 0 Å². The minimum Gasteiger partial charge on any atom is -0.480 e. The van der Waals surface area contributed by atoms with Crippen LogP contribution in [0.1, 0.15) is 13.3 Å². The highest BCUT2D eigenvalue weighted by Gasteiger charge is 2.44. The number of amides is 2. The maximum Gasteiger partial charge on any atom is 0.326 e. The smallest absolute Gasteiger partial charge is 0.326 e. The summed E-state index contributed by atoms with van der Waals surface area (Å²) in [5.41, 5.74) is 0. The van der Waals surface area contributed by atoms with E-state index in [1.165, 1.54) is 4.90 Å². The van der Waals surface area contributed by atoms with E-state index in [9.17, 15) is 14.7 Å². The number of carbonyl (C=O) groups excluding carboxylic acids is 1. The molecule has 2 amide bonds. The summed E-state index contributed by atoms with van der Waals surface area (Å²) in [6.07, 6.45) is 0.165. The van der Waals surface area contributed by atoms with E-state index in [0.29, 0.717) is 38.0 Å². The molecule has 0 aromatic heterocycles. The lowest BCUT2D eigenvalue weighted by Crippen LogP contribution is -2.48. The van der Waals surface area contributed by atoms with Gasteiger partial charge < -0.3 is 24.5 Å².